The van der Waals surface area contributed by atoms with Gasteiger partial charge in [-0.05, 0) is 37.6 Å². The average Bonchev–Trinajstić information content (AvgIpc) is 3.15. The van der Waals surface area contributed by atoms with E-state index in [4.69, 9.17) is 0 Å². The number of nitrogens with zero attached hydrogens (tertiary/aromatic N) is 4. The fourth-order valence-corrected chi connectivity index (χ4v) is 5.03. The number of aromatic nitrogens is 2. The van der Waals surface area contributed by atoms with E-state index >= 15 is 0 Å². The number of amides is 1. The van der Waals surface area contributed by atoms with Crippen LogP contribution in [0.2, 0.25) is 0 Å². The van der Waals surface area contributed by atoms with E-state index < -0.39 is 0 Å². The van der Waals surface area contributed by atoms with Crippen molar-refractivity contribution in [1.29, 1.82) is 0 Å². The van der Waals surface area contributed by atoms with Gasteiger partial charge in [-0.25, -0.2) is 4.79 Å². The molecule has 1 aromatic carbocycles. The maximum atomic E-state index is 13.1. The van der Waals surface area contributed by atoms with E-state index in [1.165, 1.54) is 34.2 Å². The molecule has 1 amide bonds. The third-order valence-electron chi connectivity index (χ3n) is 5.58. The van der Waals surface area contributed by atoms with Gasteiger partial charge in [0, 0.05) is 45.5 Å². The molecule has 0 unspecified atom stereocenters. The Balaban J connectivity index is 1.60. The highest BCUT2D eigenvalue weighted by Crippen LogP contribution is 2.26. The van der Waals surface area contributed by atoms with Crippen LogP contribution in [0.25, 0.3) is 10.2 Å². The van der Waals surface area contributed by atoms with Gasteiger partial charge in [-0.1, -0.05) is 12.1 Å². The summed E-state index contributed by atoms with van der Waals surface area (Å²) >= 11 is 1.21. The number of rotatable bonds is 2. The van der Waals surface area contributed by atoms with Gasteiger partial charge < -0.3 is 9.80 Å². The zero-order valence-corrected chi connectivity index (χ0v) is 17.8. The van der Waals surface area contributed by atoms with Crippen LogP contribution in [0, 0.1) is 6.92 Å². The molecule has 152 valence electrons. The van der Waals surface area contributed by atoms with E-state index in [1.807, 2.05) is 4.90 Å². The van der Waals surface area contributed by atoms with E-state index in [2.05, 4.69) is 43.0 Å². The van der Waals surface area contributed by atoms with Gasteiger partial charge in [0.2, 0.25) is 0 Å². The Hall–Kier alpha value is -2.87. The lowest BCUT2D eigenvalue weighted by atomic mass is 10.1. The normalized spacial score (nSPS) is 17.2. The van der Waals surface area contributed by atoms with Gasteiger partial charge >= 0.3 is 5.69 Å². The highest BCUT2D eigenvalue weighted by atomic mass is 32.1. The molecular weight excluding hydrogens is 388 g/mol. The zero-order valence-electron chi connectivity index (χ0n) is 17.0. The molecule has 29 heavy (non-hydrogen) atoms. The Morgan fingerprint density at radius 2 is 1.86 bits per heavy atom. The van der Waals surface area contributed by atoms with Crippen molar-refractivity contribution in [3.8, 4) is 0 Å². The topological polar surface area (TPSA) is 67.6 Å². The van der Waals surface area contributed by atoms with Crippen LogP contribution < -0.4 is 16.1 Å². The predicted octanol–water partition coefficient (Wildman–Crippen LogP) is 1.96. The number of thiophene rings is 1. The van der Waals surface area contributed by atoms with Crippen molar-refractivity contribution in [2.24, 2.45) is 14.1 Å². The minimum Gasteiger partial charge on any atom is -0.365 e. The van der Waals surface area contributed by atoms with Gasteiger partial charge in [0.05, 0.1) is 10.3 Å². The fraction of sp³-hybridized carbons (Fsp3) is 0.381. The Morgan fingerprint density at radius 3 is 2.55 bits per heavy atom. The summed E-state index contributed by atoms with van der Waals surface area (Å²) in [5.41, 5.74) is 1.63. The van der Waals surface area contributed by atoms with Crippen LogP contribution >= 0.6 is 11.3 Å². The largest absolute Gasteiger partial charge is 0.365 e. The summed E-state index contributed by atoms with van der Waals surface area (Å²) in [6.07, 6.45) is 0. The summed E-state index contributed by atoms with van der Waals surface area (Å²) in [6, 6.07) is 10.2. The lowest BCUT2D eigenvalue weighted by Crippen LogP contribution is -2.53. The van der Waals surface area contributed by atoms with Crippen LogP contribution in [0.5, 0.6) is 0 Å². The molecule has 0 radical (unpaired) electrons. The monoisotopic (exact) mass is 412 g/mol. The molecule has 1 aliphatic rings. The summed E-state index contributed by atoms with van der Waals surface area (Å²) in [4.78, 5) is 42.9. The molecule has 0 aliphatic carbocycles. The van der Waals surface area contributed by atoms with Gasteiger partial charge in [0.25, 0.3) is 11.5 Å². The lowest BCUT2D eigenvalue weighted by molar-refractivity contribution is 0.0731. The van der Waals surface area contributed by atoms with Gasteiger partial charge in [-0.3, -0.25) is 18.7 Å². The van der Waals surface area contributed by atoms with E-state index in [0.29, 0.717) is 28.2 Å². The van der Waals surface area contributed by atoms with Crippen molar-refractivity contribution in [3.05, 3.63) is 61.6 Å². The second-order valence-corrected chi connectivity index (χ2v) is 8.70. The summed E-state index contributed by atoms with van der Waals surface area (Å²) in [7, 11) is 3.08. The lowest BCUT2D eigenvalue weighted by Gasteiger charge is -2.41. The van der Waals surface area contributed by atoms with Crippen LogP contribution in [0.1, 0.15) is 22.2 Å². The Morgan fingerprint density at radius 1 is 1.10 bits per heavy atom. The number of aryl methyl sites for hydroxylation is 2. The van der Waals surface area contributed by atoms with Crippen molar-refractivity contribution in [2.75, 3.05) is 24.5 Å². The molecule has 0 bridgehead atoms. The summed E-state index contributed by atoms with van der Waals surface area (Å²) in [5, 5.41) is 0.411. The molecule has 0 N–H and O–H groups in total. The van der Waals surface area contributed by atoms with Crippen LogP contribution in [-0.2, 0) is 14.1 Å². The van der Waals surface area contributed by atoms with Crippen LogP contribution in [0.4, 0.5) is 5.69 Å². The molecule has 1 aliphatic heterocycles. The number of piperazine rings is 1. The number of carbonyl (C=O) groups is 1. The molecule has 0 spiro atoms. The quantitative estimate of drug-likeness (QED) is 0.645. The third-order valence-corrected chi connectivity index (χ3v) is 6.78. The van der Waals surface area contributed by atoms with Gasteiger partial charge in [-0.2, -0.15) is 0 Å². The Bertz CT molecular complexity index is 1220. The molecule has 4 rings (SSSR count). The van der Waals surface area contributed by atoms with Gasteiger partial charge in [0.15, 0.2) is 0 Å². The Labute approximate surface area is 172 Å². The number of fused-ring (bicyclic) bond motifs is 1. The third kappa shape index (κ3) is 3.27. The highest BCUT2D eigenvalue weighted by molar-refractivity contribution is 7.20. The number of anilines is 1. The highest BCUT2D eigenvalue weighted by Gasteiger charge is 2.29. The van der Waals surface area contributed by atoms with Gasteiger partial charge in [-0.15, -0.1) is 11.3 Å². The second kappa shape index (κ2) is 7.18. The maximum Gasteiger partial charge on any atom is 0.331 e. The first-order chi connectivity index (χ1) is 13.8. The molecule has 7 nitrogen and oxygen atoms in total. The van der Waals surface area contributed by atoms with Crippen LogP contribution in [0.15, 0.2) is 39.9 Å². The van der Waals surface area contributed by atoms with Crippen LogP contribution in [0.3, 0.4) is 0 Å². The fourth-order valence-electron chi connectivity index (χ4n) is 3.96. The summed E-state index contributed by atoms with van der Waals surface area (Å²) in [5.74, 6) is -0.0866. The standard InChI is InChI=1S/C21H24N4O3S/c1-13-6-5-7-15(10-13)25-9-8-24(12-14(25)2)19(27)17-11-16-18(26)22(3)21(28)23(4)20(16)29-17/h5-7,10-11,14H,8-9,12H2,1-4H3/t14-/m0/s1. The number of hydrogen-bond donors (Lipinski definition) is 0. The van der Waals surface area contributed by atoms with E-state index in [0.717, 1.165) is 11.1 Å². The maximum absolute atomic E-state index is 13.1. The first kappa shape index (κ1) is 19.4. The van der Waals surface area contributed by atoms with Crippen molar-refractivity contribution in [3.63, 3.8) is 0 Å². The number of benzene rings is 1. The molecular formula is C21H24N4O3S. The summed E-state index contributed by atoms with van der Waals surface area (Å²) < 4.78 is 2.50. The smallest absolute Gasteiger partial charge is 0.331 e. The molecule has 0 saturated carbocycles. The van der Waals surface area contributed by atoms with Crippen molar-refractivity contribution < 1.29 is 4.79 Å². The molecule has 3 heterocycles. The molecule has 8 heteroatoms. The zero-order chi connectivity index (χ0) is 20.9. The predicted molar refractivity (Wildman–Crippen MR) is 116 cm³/mol. The molecule has 1 atom stereocenters. The molecule has 3 aromatic rings. The first-order valence-electron chi connectivity index (χ1n) is 9.60. The summed E-state index contributed by atoms with van der Waals surface area (Å²) in [6.45, 7) is 6.17. The SMILES string of the molecule is Cc1cccc(N2CCN(C(=O)c3cc4c(=O)n(C)c(=O)n(C)c4s3)C[C@@H]2C)c1. The minimum atomic E-state index is -0.385. The molecule has 1 fully saturated rings. The van der Waals surface area contributed by atoms with Crippen molar-refractivity contribution in [1.82, 2.24) is 14.0 Å². The Kier molecular flexibility index (Phi) is 4.82. The minimum absolute atomic E-state index is 0.0866. The van der Waals surface area contributed by atoms with Crippen molar-refractivity contribution >= 4 is 33.1 Å². The number of carbonyl (C=O) groups excluding carboxylic acids is 1. The van der Waals surface area contributed by atoms with Crippen molar-refractivity contribution in [2.45, 2.75) is 19.9 Å². The molecule has 2 aromatic heterocycles. The van der Waals surface area contributed by atoms with Crippen LogP contribution in [-0.4, -0.2) is 45.6 Å². The molecule has 1 saturated heterocycles. The van der Waals surface area contributed by atoms with E-state index in [-0.39, 0.29) is 23.2 Å². The van der Waals surface area contributed by atoms with E-state index in [1.54, 1.807) is 13.1 Å². The average molecular weight is 413 g/mol. The van der Waals surface area contributed by atoms with Gasteiger partial charge in [0.1, 0.15) is 4.83 Å². The second-order valence-electron chi connectivity index (χ2n) is 7.67. The number of hydrogen-bond acceptors (Lipinski definition) is 5. The first-order valence-corrected chi connectivity index (χ1v) is 10.4. The van der Waals surface area contributed by atoms with E-state index in [9.17, 15) is 14.4 Å².